The lowest BCUT2D eigenvalue weighted by molar-refractivity contribution is -0.113. The number of anilines is 1. The summed E-state index contributed by atoms with van der Waals surface area (Å²) in [5.74, 6) is -0.493. The van der Waals surface area contributed by atoms with E-state index in [0.717, 1.165) is 4.88 Å². The van der Waals surface area contributed by atoms with Gasteiger partial charge >= 0.3 is 0 Å². The molecule has 0 unspecified atom stereocenters. The molecule has 5 nitrogen and oxygen atoms in total. The van der Waals surface area contributed by atoms with Crippen molar-refractivity contribution in [2.75, 3.05) is 5.32 Å². The number of nitrogens with one attached hydrogen (secondary N) is 1. The second-order valence-electron chi connectivity index (χ2n) is 5.37. The largest absolute Gasteiger partial charge is 0.445 e. The maximum Gasteiger partial charge on any atom is 0.256 e. The van der Waals surface area contributed by atoms with Crippen LogP contribution < -0.4 is 11.1 Å². The van der Waals surface area contributed by atoms with Crippen molar-refractivity contribution in [1.29, 1.82) is 5.26 Å². The van der Waals surface area contributed by atoms with Crippen molar-refractivity contribution >= 4 is 34.5 Å². The molecule has 2 heterocycles. The molecule has 126 valence electrons. The standard InChI is InChI=1S/C18H14ClN3O2S/c1-10-15(18(23)22-12-6-4-11(19)5-7-12)16(14-3-2-8-25-14)13(9-20)17(21)24-10/h2-8,16H,21H2,1H3,(H,22,23)/t16-/m0/s1. The molecular weight excluding hydrogens is 358 g/mol. The number of allylic oxidation sites excluding steroid dienone is 2. The number of nitrogens with zero attached hydrogens (tertiary/aromatic N) is 1. The number of benzene rings is 1. The van der Waals surface area contributed by atoms with Crippen LogP contribution in [0.3, 0.4) is 0 Å². The van der Waals surface area contributed by atoms with Gasteiger partial charge in [0, 0.05) is 15.6 Å². The van der Waals surface area contributed by atoms with Crippen LogP contribution in [0.2, 0.25) is 5.02 Å². The highest BCUT2D eigenvalue weighted by molar-refractivity contribution is 7.10. The Morgan fingerprint density at radius 1 is 1.36 bits per heavy atom. The Kier molecular flexibility index (Phi) is 4.79. The highest BCUT2D eigenvalue weighted by atomic mass is 35.5. The molecule has 1 aliphatic heterocycles. The Hall–Kier alpha value is -2.75. The van der Waals surface area contributed by atoms with Gasteiger partial charge in [0.15, 0.2) is 0 Å². The predicted octanol–water partition coefficient (Wildman–Crippen LogP) is 4.12. The quantitative estimate of drug-likeness (QED) is 0.849. The summed E-state index contributed by atoms with van der Waals surface area (Å²) in [4.78, 5) is 13.7. The lowest BCUT2D eigenvalue weighted by atomic mass is 9.87. The van der Waals surface area contributed by atoms with E-state index in [-0.39, 0.29) is 17.4 Å². The second-order valence-corrected chi connectivity index (χ2v) is 6.79. The Labute approximate surface area is 154 Å². The van der Waals surface area contributed by atoms with Gasteiger partial charge in [-0.2, -0.15) is 5.26 Å². The van der Waals surface area contributed by atoms with Gasteiger partial charge < -0.3 is 15.8 Å². The number of carbonyl (C=O) groups is 1. The third-order valence-electron chi connectivity index (χ3n) is 3.78. The van der Waals surface area contributed by atoms with E-state index in [1.165, 1.54) is 11.3 Å². The average molecular weight is 372 g/mol. The van der Waals surface area contributed by atoms with Crippen LogP contribution in [0.1, 0.15) is 17.7 Å². The zero-order valence-electron chi connectivity index (χ0n) is 13.2. The number of amides is 1. The first kappa shape index (κ1) is 17.1. The van der Waals surface area contributed by atoms with Gasteiger partial charge in [-0.3, -0.25) is 4.79 Å². The molecule has 0 bridgehead atoms. The number of hydrogen-bond donors (Lipinski definition) is 2. The summed E-state index contributed by atoms with van der Waals surface area (Å²) in [5.41, 5.74) is 7.06. The van der Waals surface area contributed by atoms with Gasteiger partial charge in [-0.1, -0.05) is 17.7 Å². The number of carbonyl (C=O) groups excluding carboxylic acids is 1. The van der Waals surface area contributed by atoms with Gasteiger partial charge in [-0.05, 0) is 42.6 Å². The van der Waals surface area contributed by atoms with E-state index < -0.39 is 5.92 Å². The molecule has 1 aromatic heterocycles. The normalized spacial score (nSPS) is 17.1. The maximum atomic E-state index is 12.9. The molecular formula is C18H14ClN3O2S. The zero-order chi connectivity index (χ0) is 18.0. The van der Waals surface area contributed by atoms with E-state index in [4.69, 9.17) is 22.1 Å². The van der Waals surface area contributed by atoms with Crippen LogP contribution in [0.15, 0.2) is 64.6 Å². The van der Waals surface area contributed by atoms with E-state index in [9.17, 15) is 10.1 Å². The molecule has 1 atom stereocenters. The number of nitrogens with two attached hydrogens (primary N) is 1. The lowest BCUT2D eigenvalue weighted by Crippen LogP contribution is -2.27. The molecule has 1 aliphatic rings. The number of rotatable bonds is 3. The fourth-order valence-electron chi connectivity index (χ4n) is 2.65. The van der Waals surface area contributed by atoms with Gasteiger partial charge in [-0.15, -0.1) is 11.3 Å². The molecule has 0 aliphatic carbocycles. The molecule has 0 spiro atoms. The van der Waals surface area contributed by atoms with E-state index in [1.807, 2.05) is 17.5 Å². The predicted molar refractivity (Wildman–Crippen MR) is 97.8 cm³/mol. The van der Waals surface area contributed by atoms with Crippen molar-refractivity contribution < 1.29 is 9.53 Å². The first-order chi connectivity index (χ1) is 12.0. The van der Waals surface area contributed by atoms with Crippen molar-refractivity contribution in [2.24, 2.45) is 5.73 Å². The van der Waals surface area contributed by atoms with Gasteiger partial charge in [0.2, 0.25) is 5.88 Å². The summed E-state index contributed by atoms with van der Waals surface area (Å²) >= 11 is 7.32. The molecule has 1 aromatic carbocycles. The Balaban J connectivity index is 1.99. The number of thiophene rings is 1. The summed E-state index contributed by atoms with van der Waals surface area (Å²) in [6.07, 6.45) is 0. The van der Waals surface area contributed by atoms with Gasteiger partial charge in [0.25, 0.3) is 5.91 Å². The van der Waals surface area contributed by atoms with Crippen molar-refractivity contribution in [3.8, 4) is 6.07 Å². The highest BCUT2D eigenvalue weighted by Gasteiger charge is 2.36. The number of nitriles is 1. The summed E-state index contributed by atoms with van der Waals surface area (Å²) in [7, 11) is 0. The SMILES string of the molecule is CC1=C(C(=O)Nc2ccc(Cl)cc2)[C@H](c2cccs2)C(C#N)=C(N)O1. The van der Waals surface area contributed by atoms with Crippen LogP contribution in [-0.2, 0) is 9.53 Å². The Bertz CT molecular complexity index is 909. The van der Waals surface area contributed by atoms with Crippen molar-refractivity contribution in [1.82, 2.24) is 0 Å². The van der Waals surface area contributed by atoms with Crippen molar-refractivity contribution in [3.05, 3.63) is 74.5 Å². The number of halogens is 1. The molecule has 0 fully saturated rings. The van der Waals surface area contributed by atoms with Gasteiger partial charge in [-0.25, -0.2) is 0 Å². The minimum atomic E-state index is -0.550. The molecule has 0 radical (unpaired) electrons. The minimum absolute atomic E-state index is 0.0291. The van der Waals surface area contributed by atoms with Crippen LogP contribution in [0, 0.1) is 11.3 Å². The number of ether oxygens (including phenoxy) is 1. The van der Waals surface area contributed by atoms with Crippen LogP contribution >= 0.6 is 22.9 Å². The molecule has 3 N–H and O–H groups in total. The van der Waals surface area contributed by atoms with Crippen molar-refractivity contribution in [3.63, 3.8) is 0 Å². The number of hydrogen-bond acceptors (Lipinski definition) is 5. The lowest BCUT2D eigenvalue weighted by Gasteiger charge is -2.26. The topological polar surface area (TPSA) is 88.1 Å². The van der Waals surface area contributed by atoms with Crippen LogP contribution in [0.5, 0.6) is 0 Å². The maximum absolute atomic E-state index is 12.9. The molecule has 0 saturated heterocycles. The third kappa shape index (κ3) is 3.38. The fraction of sp³-hybridized carbons (Fsp3) is 0.111. The third-order valence-corrected chi connectivity index (χ3v) is 4.97. The average Bonchev–Trinajstić information content (AvgIpc) is 3.10. The van der Waals surface area contributed by atoms with E-state index in [1.54, 1.807) is 31.2 Å². The Morgan fingerprint density at radius 2 is 2.08 bits per heavy atom. The van der Waals surface area contributed by atoms with Crippen LogP contribution in [0.4, 0.5) is 5.69 Å². The van der Waals surface area contributed by atoms with Crippen LogP contribution in [0.25, 0.3) is 0 Å². The fourth-order valence-corrected chi connectivity index (χ4v) is 3.62. The first-order valence-corrected chi connectivity index (χ1v) is 8.65. The Morgan fingerprint density at radius 3 is 2.68 bits per heavy atom. The molecule has 2 aromatic rings. The smallest absolute Gasteiger partial charge is 0.256 e. The molecule has 1 amide bonds. The summed E-state index contributed by atoms with van der Waals surface area (Å²) < 4.78 is 5.45. The summed E-state index contributed by atoms with van der Waals surface area (Å²) in [6, 6.07) is 12.6. The minimum Gasteiger partial charge on any atom is -0.445 e. The van der Waals surface area contributed by atoms with Gasteiger partial charge in [0.1, 0.15) is 17.4 Å². The van der Waals surface area contributed by atoms with Gasteiger partial charge in [0.05, 0.1) is 11.5 Å². The second kappa shape index (κ2) is 7.01. The first-order valence-electron chi connectivity index (χ1n) is 7.40. The van der Waals surface area contributed by atoms with E-state index in [0.29, 0.717) is 22.0 Å². The van der Waals surface area contributed by atoms with Crippen LogP contribution in [-0.4, -0.2) is 5.91 Å². The molecule has 7 heteroatoms. The molecule has 0 saturated carbocycles. The molecule has 25 heavy (non-hydrogen) atoms. The monoisotopic (exact) mass is 371 g/mol. The van der Waals surface area contributed by atoms with E-state index >= 15 is 0 Å². The van der Waals surface area contributed by atoms with E-state index in [2.05, 4.69) is 11.4 Å². The summed E-state index contributed by atoms with van der Waals surface area (Å²) in [6.45, 7) is 1.67. The molecule has 3 rings (SSSR count). The highest BCUT2D eigenvalue weighted by Crippen LogP contribution is 2.41. The van der Waals surface area contributed by atoms with Crippen molar-refractivity contribution in [2.45, 2.75) is 12.8 Å². The zero-order valence-corrected chi connectivity index (χ0v) is 14.8. The summed E-state index contributed by atoms with van der Waals surface area (Å²) in [5, 5.41) is 14.8.